The van der Waals surface area contributed by atoms with Gasteiger partial charge in [0.2, 0.25) is 0 Å². The molecule has 146 valence electrons. The minimum absolute atomic E-state index is 0.103. The molecule has 3 rings (SSSR count). The summed E-state index contributed by atoms with van der Waals surface area (Å²) in [6, 6.07) is 14.1. The van der Waals surface area contributed by atoms with E-state index in [1.165, 1.54) is 12.1 Å². The molecule has 0 saturated heterocycles. The summed E-state index contributed by atoms with van der Waals surface area (Å²) in [5.74, 6) is -0.924. The molecule has 0 spiro atoms. The number of rotatable bonds is 6. The summed E-state index contributed by atoms with van der Waals surface area (Å²) in [7, 11) is -3.54. The molecule has 0 radical (unpaired) electrons. The molecule has 28 heavy (non-hydrogen) atoms. The smallest absolute Gasteiger partial charge is 0.307 e. The van der Waals surface area contributed by atoms with Crippen LogP contribution in [-0.2, 0) is 26.0 Å². The molecule has 0 saturated carbocycles. The average molecular weight is 418 g/mol. The van der Waals surface area contributed by atoms with Gasteiger partial charge in [0.25, 0.3) is 0 Å². The Balaban J connectivity index is 1.64. The van der Waals surface area contributed by atoms with Gasteiger partial charge in [-0.2, -0.15) is 0 Å². The van der Waals surface area contributed by atoms with E-state index >= 15 is 0 Å². The third kappa shape index (κ3) is 4.51. The van der Waals surface area contributed by atoms with Crippen LogP contribution < -0.4 is 0 Å². The maximum Gasteiger partial charge on any atom is 0.307 e. The van der Waals surface area contributed by atoms with E-state index in [-0.39, 0.29) is 23.7 Å². The lowest BCUT2D eigenvalue weighted by molar-refractivity contribution is -0.144. The predicted molar refractivity (Wildman–Crippen MR) is 109 cm³/mol. The molecule has 2 aromatic carbocycles. The van der Waals surface area contributed by atoms with Crippen LogP contribution in [0.15, 0.2) is 53.4 Å². The Morgan fingerprint density at radius 1 is 1.07 bits per heavy atom. The van der Waals surface area contributed by atoms with Crippen LogP contribution in [0.5, 0.6) is 0 Å². The average Bonchev–Trinajstić information content (AvgIpc) is 2.68. The molecule has 0 unspecified atom stereocenters. The van der Waals surface area contributed by atoms with Gasteiger partial charge in [0.15, 0.2) is 9.84 Å². The zero-order chi connectivity index (χ0) is 20.3. The molecule has 5 nitrogen and oxygen atoms in total. The van der Waals surface area contributed by atoms with Crippen LogP contribution in [0.2, 0.25) is 5.02 Å². The zero-order valence-corrected chi connectivity index (χ0v) is 17.2. The van der Waals surface area contributed by atoms with E-state index in [1.54, 1.807) is 12.1 Å². The molecule has 0 atom stereocenters. The molecule has 7 heteroatoms. The van der Waals surface area contributed by atoms with Crippen molar-refractivity contribution in [3.63, 3.8) is 0 Å². The van der Waals surface area contributed by atoms with Crippen molar-refractivity contribution in [3.05, 3.63) is 70.4 Å². The summed E-state index contributed by atoms with van der Waals surface area (Å²) in [4.78, 5) is 16.7. The van der Waals surface area contributed by atoms with Crippen molar-refractivity contribution in [2.45, 2.75) is 31.8 Å². The van der Waals surface area contributed by atoms with Crippen LogP contribution in [0.4, 0.5) is 0 Å². The van der Waals surface area contributed by atoms with Crippen molar-refractivity contribution >= 4 is 38.3 Å². The molecule has 3 aromatic rings. The first-order valence-corrected chi connectivity index (χ1v) is 10.8. The Morgan fingerprint density at radius 3 is 2.46 bits per heavy atom. The molecular weight excluding hydrogens is 398 g/mol. The number of carbonyl (C=O) groups excluding carboxylic acids is 1. The summed E-state index contributed by atoms with van der Waals surface area (Å²) in [6.45, 7) is 3.65. The van der Waals surface area contributed by atoms with Crippen LogP contribution in [0.3, 0.4) is 0 Å². The van der Waals surface area contributed by atoms with Crippen molar-refractivity contribution in [3.8, 4) is 0 Å². The molecule has 0 N–H and O–H groups in total. The summed E-state index contributed by atoms with van der Waals surface area (Å²) in [5, 5.41) is 1.38. The lowest BCUT2D eigenvalue weighted by atomic mass is 10.1. The standard InChI is InChI=1S/C21H20ClNO4S/c1-14-7-9-16(10-8-14)28(25,26)12-11-20(24)27-13-19-21(22)15(2)17-5-3-4-6-18(17)23-19/h3-10H,11-13H2,1-2H3. The Hall–Kier alpha value is -2.44. The van der Waals surface area contributed by atoms with Crippen molar-refractivity contribution in [2.75, 3.05) is 5.75 Å². The van der Waals surface area contributed by atoms with Crippen molar-refractivity contribution in [2.24, 2.45) is 0 Å². The highest BCUT2D eigenvalue weighted by Gasteiger charge is 2.18. The minimum atomic E-state index is -3.54. The number of esters is 1. The second-order valence-electron chi connectivity index (χ2n) is 6.56. The largest absolute Gasteiger partial charge is 0.459 e. The minimum Gasteiger partial charge on any atom is -0.459 e. The third-order valence-corrected chi connectivity index (χ3v) is 6.70. The van der Waals surface area contributed by atoms with Crippen molar-refractivity contribution < 1.29 is 17.9 Å². The number of fused-ring (bicyclic) bond motifs is 1. The Morgan fingerprint density at radius 2 is 1.75 bits per heavy atom. The summed E-state index contributed by atoms with van der Waals surface area (Å²) in [6.07, 6.45) is -0.236. The van der Waals surface area contributed by atoms with Gasteiger partial charge in [0.1, 0.15) is 6.61 Å². The SMILES string of the molecule is Cc1ccc(S(=O)(=O)CCC(=O)OCc2nc3ccccc3c(C)c2Cl)cc1. The molecule has 0 bridgehead atoms. The maximum absolute atomic E-state index is 12.3. The van der Waals surface area contributed by atoms with Gasteiger partial charge in [-0.25, -0.2) is 13.4 Å². The molecule has 1 heterocycles. The number of hydrogen-bond donors (Lipinski definition) is 0. The number of aryl methyl sites for hydroxylation is 2. The van der Waals surface area contributed by atoms with E-state index in [1.807, 2.05) is 38.1 Å². The van der Waals surface area contributed by atoms with Gasteiger partial charge in [-0.15, -0.1) is 0 Å². The fourth-order valence-electron chi connectivity index (χ4n) is 2.82. The van der Waals surface area contributed by atoms with Gasteiger partial charge in [0, 0.05) is 5.39 Å². The number of carbonyl (C=O) groups is 1. The maximum atomic E-state index is 12.3. The number of nitrogens with zero attached hydrogens (tertiary/aromatic N) is 1. The van der Waals surface area contributed by atoms with Crippen LogP contribution >= 0.6 is 11.6 Å². The molecule has 1 aromatic heterocycles. The third-order valence-electron chi connectivity index (χ3n) is 4.47. The van der Waals surface area contributed by atoms with Gasteiger partial charge < -0.3 is 4.74 Å². The highest BCUT2D eigenvalue weighted by atomic mass is 35.5. The van der Waals surface area contributed by atoms with Crippen LogP contribution in [0.25, 0.3) is 10.9 Å². The van der Waals surface area contributed by atoms with E-state index in [0.29, 0.717) is 10.7 Å². The van der Waals surface area contributed by atoms with E-state index < -0.39 is 15.8 Å². The van der Waals surface area contributed by atoms with E-state index in [4.69, 9.17) is 16.3 Å². The molecular formula is C21H20ClNO4S. The summed E-state index contributed by atoms with van der Waals surface area (Å²) >= 11 is 6.35. The monoisotopic (exact) mass is 417 g/mol. The second-order valence-corrected chi connectivity index (χ2v) is 9.04. The van der Waals surface area contributed by atoms with Gasteiger partial charge in [0.05, 0.1) is 33.3 Å². The Labute approximate surface area is 169 Å². The quantitative estimate of drug-likeness (QED) is 0.555. The number of aromatic nitrogens is 1. The number of para-hydroxylation sites is 1. The van der Waals surface area contributed by atoms with E-state index in [9.17, 15) is 13.2 Å². The number of hydrogen-bond acceptors (Lipinski definition) is 5. The van der Waals surface area contributed by atoms with Crippen LogP contribution in [0.1, 0.15) is 23.2 Å². The van der Waals surface area contributed by atoms with Crippen molar-refractivity contribution in [1.82, 2.24) is 4.98 Å². The predicted octanol–water partition coefficient (Wildman–Crippen LogP) is 4.41. The van der Waals surface area contributed by atoms with E-state index in [0.717, 1.165) is 22.0 Å². The number of halogens is 1. The lowest BCUT2D eigenvalue weighted by Crippen LogP contribution is -2.14. The number of sulfone groups is 1. The van der Waals surface area contributed by atoms with Crippen LogP contribution in [0, 0.1) is 13.8 Å². The Kier molecular flexibility index (Phi) is 6.01. The highest BCUT2D eigenvalue weighted by Crippen LogP contribution is 2.27. The fraction of sp³-hybridized carbons (Fsp3) is 0.238. The first kappa shape index (κ1) is 20.3. The molecule has 0 aliphatic heterocycles. The lowest BCUT2D eigenvalue weighted by Gasteiger charge is -2.11. The van der Waals surface area contributed by atoms with Crippen LogP contribution in [-0.4, -0.2) is 25.1 Å². The number of pyridine rings is 1. The molecule has 0 aliphatic rings. The normalized spacial score (nSPS) is 11.5. The summed E-state index contributed by atoms with van der Waals surface area (Å²) < 4.78 is 29.9. The zero-order valence-electron chi connectivity index (χ0n) is 15.6. The van der Waals surface area contributed by atoms with Crippen molar-refractivity contribution in [1.29, 1.82) is 0 Å². The van der Waals surface area contributed by atoms with Gasteiger partial charge in [-0.05, 0) is 37.6 Å². The number of benzene rings is 2. The highest BCUT2D eigenvalue weighted by molar-refractivity contribution is 7.91. The van der Waals surface area contributed by atoms with Gasteiger partial charge >= 0.3 is 5.97 Å². The second kappa shape index (κ2) is 8.29. The Bertz CT molecular complexity index is 1130. The van der Waals surface area contributed by atoms with E-state index in [2.05, 4.69) is 4.98 Å². The topological polar surface area (TPSA) is 73.3 Å². The molecule has 0 amide bonds. The molecule has 0 aliphatic carbocycles. The van der Waals surface area contributed by atoms with Gasteiger partial charge in [-0.3, -0.25) is 4.79 Å². The fourth-order valence-corrected chi connectivity index (χ4v) is 4.24. The first-order valence-electron chi connectivity index (χ1n) is 8.77. The first-order chi connectivity index (χ1) is 13.3. The van der Waals surface area contributed by atoms with Gasteiger partial charge in [-0.1, -0.05) is 47.5 Å². The number of ether oxygens (including phenoxy) is 1. The molecule has 0 fully saturated rings. The summed E-state index contributed by atoms with van der Waals surface area (Å²) in [5.41, 5.74) is 3.04.